The summed E-state index contributed by atoms with van der Waals surface area (Å²) in [5.74, 6) is 0. The molecule has 1 nitrogen and oxygen atoms in total. The number of hydrogen-bond acceptors (Lipinski definition) is 1. The smallest absolute Gasteiger partial charge is 0.0149 e. The molecule has 1 rings (SSSR count). The van der Waals surface area contributed by atoms with Gasteiger partial charge in [-0.05, 0) is 18.9 Å². The standard InChI is InChI=1S/C12H16ClN/c1-11(14-9-5-8-13)10-12-6-3-2-4-7-12/h2-8,11,14H,9-10H2,1H3/b8-5+. The molecule has 0 amide bonds. The lowest BCUT2D eigenvalue weighted by Gasteiger charge is -2.11. The van der Waals surface area contributed by atoms with Crippen molar-refractivity contribution in [1.82, 2.24) is 5.32 Å². The summed E-state index contributed by atoms with van der Waals surface area (Å²) in [6.45, 7) is 3.01. The van der Waals surface area contributed by atoms with E-state index in [9.17, 15) is 0 Å². The fourth-order valence-electron chi connectivity index (χ4n) is 1.35. The van der Waals surface area contributed by atoms with E-state index in [-0.39, 0.29) is 0 Å². The van der Waals surface area contributed by atoms with Crippen LogP contribution in [-0.2, 0) is 6.42 Å². The van der Waals surface area contributed by atoms with Gasteiger partial charge in [0.15, 0.2) is 0 Å². The lowest BCUT2D eigenvalue weighted by molar-refractivity contribution is 0.581. The van der Waals surface area contributed by atoms with Crippen molar-refractivity contribution in [3.8, 4) is 0 Å². The Hall–Kier alpha value is -0.790. The molecule has 0 heterocycles. The highest BCUT2D eigenvalue weighted by atomic mass is 35.5. The third-order valence-electron chi connectivity index (χ3n) is 2.06. The lowest BCUT2D eigenvalue weighted by Crippen LogP contribution is -2.27. The molecule has 76 valence electrons. The Bertz CT molecular complexity index is 269. The first-order chi connectivity index (χ1) is 6.83. The first-order valence-corrected chi connectivity index (χ1v) is 5.29. The van der Waals surface area contributed by atoms with Crippen LogP contribution in [0.4, 0.5) is 0 Å². The number of nitrogens with one attached hydrogen (secondary N) is 1. The predicted octanol–water partition coefficient (Wildman–Crippen LogP) is 2.96. The van der Waals surface area contributed by atoms with Gasteiger partial charge >= 0.3 is 0 Å². The summed E-state index contributed by atoms with van der Waals surface area (Å²) in [6.07, 6.45) is 2.96. The molecule has 2 heteroatoms. The molecule has 0 bridgehead atoms. The van der Waals surface area contributed by atoms with Gasteiger partial charge in [0.05, 0.1) is 0 Å². The third-order valence-corrected chi connectivity index (χ3v) is 2.24. The van der Waals surface area contributed by atoms with Crippen molar-refractivity contribution in [3.63, 3.8) is 0 Å². The van der Waals surface area contributed by atoms with E-state index in [1.54, 1.807) is 5.54 Å². The molecule has 0 aliphatic heterocycles. The van der Waals surface area contributed by atoms with Gasteiger partial charge in [0.2, 0.25) is 0 Å². The van der Waals surface area contributed by atoms with Crippen molar-refractivity contribution in [3.05, 3.63) is 47.5 Å². The van der Waals surface area contributed by atoms with Crippen LogP contribution in [0.25, 0.3) is 0 Å². The monoisotopic (exact) mass is 209 g/mol. The van der Waals surface area contributed by atoms with Crippen LogP contribution in [0.5, 0.6) is 0 Å². The van der Waals surface area contributed by atoms with Gasteiger partial charge in [-0.15, -0.1) is 0 Å². The summed E-state index contributed by atoms with van der Waals surface area (Å²) in [5, 5.41) is 3.36. The molecule has 0 spiro atoms. The fourth-order valence-corrected chi connectivity index (χ4v) is 1.44. The van der Waals surface area contributed by atoms with Crippen LogP contribution >= 0.6 is 11.6 Å². The molecule has 0 saturated carbocycles. The van der Waals surface area contributed by atoms with Crippen LogP contribution in [0.15, 0.2) is 41.9 Å². The molecular formula is C12H16ClN. The SMILES string of the molecule is CC(Cc1ccccc1)NC/C=C/Cl. The minimum absolute atomic E-state index is 0.477. The highest BCUT2D eigenvalue weighted by Crippen LogP contribution is 2.02. The Kier molecular flexibility index (Phi) is 5.35. The van der Waals surface area contributed by atoms with Crippen LogP contribution < -0.4 is 5.32 Å². The Balaban J connectivity index is 2.30. The Morgan fingerprint density at radius 2 is 2.07 bits per heavy atom. The van der Waals surface area contributed by atoms with Crippen molar-refractivity contribution in [2.45, 2.75) is 19.4 Å². The topological polar surface area (TPSA) is 12.0 Å². The minimum Gasteiger partial charge on any atom is -0.310 e. The molecule has 1 aromatic carbocycles. The van der Waals surface area contributed by atoms with Crippen LogP contribution in [0.2, 0.25) is 0 Å². The molecule has 0 saturated heterocycles. The number of rotatable bonds is 5. The maximum atomic E-state index is 5.42. The second-order valence-corrected chi connectivity index (χ2v) is 3.61. The van der Waals surface area contributed by atoms with Crippen molar-refractivity contribution in [1.29, 1.82) is 0 Å². The van der Waals surface area contributed by atoms with Crippen LogP contribution in [0.1, 0.15) is 12.5 Å². The summed E-state index contributed by atoms with van der Waals surface area (Å²) in [7, 11) is 0. The lowest BCUT2D eigenvalue weighted by atomic mass is 10.1. The molecule has 1 unspecified atom stereocenters. The zero-order valence-corrected chi connectivity index (χ0v) is 9.17. The summed E-state index contributed by atoms with van der Waals surface area (Å²) in [4.78, 5) is 0. The van der Waals surface area contributed by atoms with Gasteiger partial charge < -0.3 is 5.32 Å². The van der Waals surface area contributed by atoms with Crippen molar-refractivity contribution in [2.75, 3.05) is 6.54 Å². The normalized spacial score (nSPS) is 13.3. The average Bonchev–Trinajstić information content (AvgIpc) is 2.20. The molecule has 14 heavy (non-hydrogen) atoms. The summed E-state index contributed by atoms with van der Waals surface area (Å²) < 4.78 is 0. The van der Waals surface area contributed by atoms with Gasteiger partial charge in [0, 0.05) is 18.1 Å². The molecule has 0 aromatic heterocycles. The highest BCUT2D eigenvalue weighted by molar-refractivity contribution is 6.25. The second kappa shape index (κ2) is 6.63. The van der Waals surface area contributed by atoms with Crippen LogP contribution in [0, 0.1) is 0 Å². The van der Waals surface area contributed by atoms with E-state index >= 15 is 0 Å². The van der Waals surface area contributed by atoms with Crippen molar-refractivity contribution < 1.29 is 0 Å². The molecule has 1 aromatic rings. The van der Waals surface area contributed by atoms with E-state index in [1.165, 1.54) is 5.56 Å². The number of hydrogen-bond donors (Lipinski definition) is 1. The minimum atomic E-state index is 0.477. The highest BCUT2D eigenvalue weighted by Gasteiger charge is 2.00. The van der Waals surface area contributed by atoms with Gasteiger partial charge in [-0.25, -0.2) is 0 Å². The van der Waals surface area contributed by atoms with Crippen molar-refractivity contribution in [2.24, 2.45) is 0 Å². The van der Waals surface area contributed by atoms with E-state index in [4.69, 9.17) is 11.6 Å². The Labute approximate surface area is 90.8 Å². The molecular weight excluding hydrogens is 194 g/mol. The van der Waals surface area contributed by atoms with Gasteiger partial charge in [0.25, 0.3) is 0 Å². The Morgan fingerprint density at radius 1 is 1.36 bits per heavy atom. The summed E-state index contributed by atoms with van der Waals surface area (Å²) in [5.41, 5.74) is 2.91. The molecule has 1 N–H and O–H groups in total. The summed E-state index contributed by atoms with van der Waals surface area (Å²) in [6, 6.07) is 11.0. The maximum absolute atomic E-state index is 5.42. The predicted molar refractivity (Wildman–Crippen MR) is 62.6 cm³/mol. The largest absolute Gasteiger partial charge is 0.310 e. The van der Waals surface area contributed by atoms with Gasteiger partial charge in [-0.2, -0.15) is 0 Å². The zero-order valence-electron chi connectivity index (χ0n) is 8.41. The van der Waals surface area contributed by atoms with E-state index in [2.05, 4.69) is 36.5 Å². The second-order valence-electron chi connectivity index (χ2n) is 3.36. The van der Waals surface area contributed by atoms with E-state index in [0.717, 1.165) is 13.0 Å². The maximum Gasteiger partial charge on any atom is 0.0149 e. The van der Waals surface area contributed by atoms with Crippen LogP contribution in [-0.4, -0.2) is 12.6 Å². The Morgan fingerprint density at radius 3 is 2.71 bits per heavy atom. The summed E-state index contributed by atoms with van der Waals surface area (Å²) >= 11 is 5.42. The zero-order chi connectivity index (χ0) is 10.2. The first-order valence-electron chi connectivity index (χ1n) is 4.85. The van der Waals surface area contributed by atoms with E-state index < -0.39 is 0 Å². The number of benzene rings is 1. The molecule has 1 atom stereocenters. The molecule has 0 aliphatic carbocycles. The van der Waals surface area contributed by atoms with E-state index in [0.29, 0.717) is 6.04 Å². The quantitative estimate of drug-likeness (QED) is 0.787. The number of halogens is 1. The first kappa shape index (κ1) is 11.3. The van der Waals surface area contributed by atoms with E-state index in [1.807, 2.05) is 12.1 Å². The molecule has 0 fully saturated rings. The van der Waals surface area contributed by atoms with Crippen LogP contribution in [0.3, 0.4) is 0 Å². The van der Waals surface area contributed by atoms with Crippen molar-refractivity contribution >= 4 is 11.6 Å². The van der Waals surface area contributed by atoms with Gasteiger partial charge in [-0.3, -0.25) is 0 Å². The fraction of sp³-hybridized carbons (Fsp3) is 0.333. The molecule has 0 radical (unpaired) electrons. The van der Waals surface area contributed by atoms with Gasteiger partial charge in [-0.1, -0.05) is 48.0 Å². The average molecular weight is 210 g/mol. The third kappa shape index (κ3) is 4.45. The molecule has 0 aliphatic rings. The van der Waals surface area contributed by atoms with Gasteiger partial charge in [0.1, 0.15) is 0 Å².